The highest BCUT2D eigenvalue weighted by Gasteiger charge is 2.11. The lowest BCUT2D eigenvalue weighted by atomic mass is 10.3. The average Bonchev–Trinajstić information content (AvgIpc) is 2.70. The Labute approximate surface area is 109 Å². The van der Waals surface area contributed by atoms with Crippen LogP contribution in [0.4, 0.5) is 0 Å². The van der Waals surface area contributed by atoms with E-state index in [-0.39, 0.29) is 5.91 Å². The van der Waals surface area contributed by atoms with Crippen molar-refractivity contribution in [3.63, 3.8) is 0 Å². The minimum absolute atomic E-state index is 0.00280. The van der Waals surface area contributed by atoms with Gasteiger partial charge < -0.3 is 5.32 Å². The van der Waals surface area contributed by atoms with Crippen molar-refractivity contribution in [3.8, 4) is 0 Å². The van der Waals surface area contributed by atoms with Gasteiger partial charge in [0.2, 0.25) is 5.91 Å². The molecule has 96 valence electrons. The number of amides is 1. The summed E-state index contributed by atoms with van der Waals surface area (Å²) in [6.45, 7) is 6.43. The first-order chi connectivity index (χ1) is 8.61. The predicted molar refractivity (Wildman–Crippen MR) is 69.7 cm³/mol. The van der Waals surface area contributed by atoms with E-state index in [1.807, 2.05) is 31.2 Å². The van der Waals surface area contributed by atoms with Gasteiger partial charge in [0.05, 0.1) is 5.75 Å². The molecule has 2 aromatic rings. The van der Waals surface area contributed by atoms with Crippen molar-refractivity contribution in [2.45, 2.75) is 25.9 Å². The largest absolute Gasteiger partial charge is 0.356 e. The molecule has 2 rings (SSSR count). The molecule has 0 aromatic carbocycles. The van der Waals surface area contributed by atoms with E-state index in [0.29, 0.717) is 23.2 Å². The molecule has 18 heavy (non-hydrogen) atoms. The number of carbonyl (C=O) groups is 1. The lowest BCUT2D eigenvalue weighted by Gasteiger charge is -2.04. The number of nitrogens with zero attached hydrogens (tertiary/aromatic N) is 4. The summed E-state index contributed by atoms with van der Waals surface area (Å²) < 4.78 is 1.86. The van der Waals surface area contributed by atoms with Crippen LogP contribution in [0.3, 0.4) is 0 Å². The number of carbonyl (C=O) groups excluding carboxylic acids is 1. The van der Waals surface area contributed by atoms with Crippen LogP contribution in [-0.2, 0) is 4.79 Å². The molecular formula is C11H15N5OS. The molecule has 0 fully saturated rings. The van der Waals surface area contributed by atoms with Gasteiger partial charge in [0.1, 0.15) is 0 Å². The summed E-state index contributed by atoms with van der Waals surface area (Å²) in [7, 11) is 0. The zero-order chi connectivity index (χ0) is 13.1. The second kappa shape index (κ2) is 5.34. The predicted octanol–water partition coefficient (Wildman–Crippen LogP) is 0.969. The molecule has 0 saturated carbocycles. The highest BCUT2D eigenvalue weighted by atomic mass is 32.2. The molecule has 2 heterocycles. The standard InChI is InChI=1S/C11H15N5OS/c1-4-12-9(17)6-18-11-15-14-10-13-7(2)5-8(3)16(10)11/h5H,4,6H2,1-3H3,(H,12,17). The van der Waals surface area contributed by atoms with Gasteiger partial charge in [0.25, 0.3) is 5.78 Å². The number of fused-ring (bicyclic) bond motifs is 1. The molecule has 0 saturated heterocycles. The van der Waals surface area contributed by atoms with E-state index in [1.54, 1.807) is 0 Å². The van der Waals surface area contributed by atoms with Crippen molar-refractivity contribution >= 4 is 23.4 Å². The normalized spacial score (nSPS) is 10.8. The topological polar surface area (TPSA) is 72.2 Å². The summed E-state index contributed by atoms with van der Waals surface area (Å²) >= 11 is 1.36. The van der Waals surface area contributed by atoms with Gasteiger partial charge in [-0.15, -0.1) is 10.2 Å². The number of rotatable bonds is 4. The highest BCUT2D eigenvalue weighted by Crippen LogP contribution is 2.18. The Morgan fingerprint density at radius 1 is 1.44 bits per heavy atom. The van der Waals surface area contributed by atoms with E-state index < -0.39 is 0 Å². The zero-order valence-corrected chi connectivity index (χ0v) is 11.4. The fraction of sp³-hybridized carbons (Fsp3) is 0.455. The van der Waals surface area contributed by atoms with Crippen LogP contribution in [-0.4, -0.2) is 37.8 Å². The Balaban J connectivity index is 2.22. The monoisotopic (exact) mass is 265 g/mol. The summed E-state index contributed by atoms with van der Waals surface area (Å²) in [5, 5.41) is 11.5. The van der Waals surface area contributed by atoms with Crippen LogP contribution >= 0.6 is 11.8 Å². The maximum Gasteiger partial charge on any atom is 0.256 e. The van der Waals surface area contributed by atoms with E-state index in [2.05, 4.69) is 20.5 Å². The Morgan fingerprint density at radius 2 is 2.22 bits per heavy atom. The Kier molecular flexibility index (Phi) is 3.81. The third-order valence-electron chi connectivity index (χ3n) is 2.37. The van der Waals surface area contributed by atoms with Gasteiger partial charge in [-0.2, -0.15) is 0 Å². The Morgan fingerprint density at radius 3 is 2.94 bits per heavy atom. The van der Waals surface area contributed by atoms with Crippen molar-refractivity contribution < 1.29 is 4.79 Å². The average molecular weight is 265 g/mol. The molecule has 1 amide bonds. The van der Waals surface area contributed by atoms with Crippen LogP contribution in [0.15, 0.2) is 11.2 Å². The molecule has 0 aliphatic rings. The van der Waals surface area contributed by atoms with Gasteiger partial charge in [0, 0.05) is 17.9 Å². The molecule has 0 atom stereocenters. The quantitative estimate of drug-likeness (QED) is 0.834. The first kappa shape index (κ1) is 12.8. The summed E-state index contributed by atoms with van der Waals surface area (Å²) in [6.07, 6.45) is 0. The number of aryl methyl sites for hydroxylation is 2. The van der Waals surface area contributed by atoms with Gasteiger partial charge >= 0.3 is 0 Å². The van der Waals surface area contributed by atoms with E-state index in [1.165, 1.54) is 11.8 Å². The second-order valence-corrected chi connectivity index (χ2v) is 4.84. The first-order valence-corrected chi connectivity index (χ1v) is 6.69. The Bertz CT molecular complexity index is 580. The third kappa shape index (κ3) is 2.61. The molecule has 7 heteroatoms. The van der Waals surface area contributed by atoms with Crippen LogP contribution in [0.1, 0.15) is 18.3 Å². The van der Waals surface area contributed by atoms with Crippen molar-refractivity contribution in [2.24, 2.45) is 0 Å². The van der Waals surface area contributed by atoms with Gasteiger partial charge in [-0.25, -0.2) is 4.98 Å². The molecular weight excluding hydrogens is 250 g/mol. The van der Waals surface area contributed by atoms with Gasteiger partial charge in [-0.05, 0) is 26.8 Å². The van der Waals surface area contributed by atoms with Crippen LogP contribution in [0.25, 0.3) is 5.78 Å². The van der Waals surface area contributed by atoms with Crippen LogP contribution in [0, 0.1) is 13.8 Å². The van der Waals surface area contributed by atoms with E-state index in [4.69, 9.17) is 0 Å². The summed E-state index contributed by atoms with van der Waals surface area (Å²) in [5.74, 6) is 0.907. The van der Waals surface area contributed by atoms with Gasteiger partial charge in [0.15, 0.2) is 5.16 Å². The van der Waals surface area contributed by atoms with Gasteiger partial charge in [-0.1, -0.05) is 11.8 Å². The van der Waals surface area contributed by atoms with Crippen molar-refractivity contribution in [1.82, 2.24) is 24.9 Å². The smallest absolute Gasteiger partial charge is 0.256 e. The van der Waals surface area contributed by atoms with Crippen LogP contribution in [0.5, 0.6) is 0 Å². The number of thioether (sulfide) groups is 1. The molecule has 0 radical (unpaired) electrons. The lowest BCUT2D eigenvalue weighted by molar-refractivity contribution is -0.118. The SMILES string of the molecule is CCNC(=O)CSc1nnc2nc(C)cc(C)n12. The number of hydrogen-bond acceptors (Lipinski definition) is 5. The van der Waals surface area contributed by atoms with Crippen molar-refractivity contribution in [3.05, 3.63) is 17.5 Å². The number of nitrogens with one attached hydrogen (secondary N) is 1. The van der Waals surface area contributed by atoms with E-state index >= 15 is 0 Å². The first-order valence-electron chi connectivity index (χ1n) is 5.70. The van der Waals surface area contributed by atoms with E-state index in [9.17, 15) is 4.79 Å². The lowest BCUT2D eigenvalue weighted by Crippen LogP contribution is -2.24. The maximum absolute atomic E-state index is 11.4. The maximum atomic E-state index is 11.4. The molecule has 0 unspecified atom stereocenters. The molecule has 2 aromatic heterocycles. The number of aromatic nitrogens is 4. The number of hydrogen-bond donors (Lipinski definition) is 1. The molecule has 0 spiro atoms. The molecule has 0 bridgehead atoms. The molecule has 1 N–H and O–H groups in total. The minimum Gasteiger partial charge on any atom is -0.356 e. The summed E-state index contributed by atoms with van der Waals surface area (Å²) in [5.41, 5.74) is 1.92. The molecule has 0 aliphatic heterocycles. The van der Waals surface area contributed by atoms with E-state index in [0.717, 1.165) is 11.4 Å². The van der Waals surface area contributed by atoms with Crippen LogP contribution < -0.4 is 5.32 Å². The Hall–Kier alpha value is -1.63. The van der Waals surface area contributed by atoms with Gasteiger partial charge in [-0.3, -0.25) is 9.20 Å². The molecule has 6 nitrogen and oxygen atoms in total. The second-order valence-electron chi connectivity index (χ2n) is 3.90. The third-order valence-corrected chi connectivity index (χ3v) is 3.30. The minimum atomic E-state index is -0.00280. The zero-order valence-electron chi connectivity index (χ0n) is 10.6. The molecule has 0 aliphatic carbocycles. The van der Waals surface area contributed by atoms with Crippen molar-refractivity contribution in [1.29, 1.82) is 0 Å². The summed E-state index contributed by atoms with van der Waals surface area (Å²) in [4.78, 5) is 15.7. The highest BCUT2D eigenvalue weighted by molar-refractivity contribution is 7.99. The van der Waals surface area contributed by atoms with Crippen molar-refractivity contribution in [2.75, 3.05) is 12.3 Å². The fourth-order valence-electron chi connectivity index (χ4n) is 1.67. The summed E-state index contributed by atoms with van der Waals surface area (Å²) in [6, 6.07) is 1.96. The van der Waals surface area contributed by atoms with Crippen LogP contribution in [0.2, 0.25) is 0 Å². The fourth-order valence-corrected chi connectivity index (χ4v) is 2.49.